The van der Waals surface area contributed by atoms with Crippen LogP contribution >= 0.6 is 0 Å². The van der Waals surface area contributed by atoms with E-state index in [0.717, 1.165) is 23.7 Å². The van der Waals surface area contributed by atoms with Gasteiger partial charge >= 0.3 is 0 Å². The van der Waals surface area contributed by atoms with E-state index in [9.17, 15) is 0 Å². The van der Waals surface area contributed by atoms with Gasteiger partial charge in [0.1, 0.15) is 0 Å². The van der Waals surface area contributed by atoms with Crippen molar-refractivity contribution in [1.82, 2.24) is 0 Å². The van der Waals surface area contributed by atoms with Gasteiger partial charge in [0.05, 0.1) is 0 Å². The third kappa shape index (κ3) is 1.43. The van der Waals surface area contributed by atoms with E-state index in [1.165, 1.54) is 12.8 Å². The fraction of sp³-hybridized carbons (Fsp3) is 1.00. The molecule has 0 radical (unpaired) electrons. The molecule has 0 bridgehead atoms. The molecule has 0 saturated heterocycles. The Morgan fingerprint density at radius 1 is 1.15 bits per heavy atom. The molecule has 0 aromatic rings. The number of hydrogen-bond donors (Lipinski definition) is 0. The van der Waals surface area contributed by atoms with E-state index in [2.05, 4.69) is 41.5 Å². The van der Waals surface area contributed by atoms with E-state index in [1.807, 2.05) is 0 Å². The Labute approximate surface area is 84.1 Å². The summed E-state index contributed by atoms with van der Waals surface area (Å²) in [6.45, 7) is 14.4. The van der Waals surface area contributed by atoms with Gasteiger partial charge in [-0.15, -0.1) is 0 Å². The maximum atomic E-state index is 2.46. The summed E-state index contributed by atoms with van der Waals surface area (Å²) in [5, 5.41) is 0. The molecule has 1 saturated carbocycles. The maximum Gasteiger partial charge on any atom is -0.0215 e. The summed E-state index contributed by atoms with van der Waals surface area (Å²) in [5.41, 5.74) is 0.690. The van der Waals surface area contributed by atoms with Crippen molar-refractivity contribution in [2.75, 3.05) is 0 Å². The van der Waals surface area contributed by atoms with Crippen LogP contribution in [-0.2, 0) is 0 Å². The minimum absolute atomic E-state index is 0.690. The van der Waals surface area contributed by atoms with Crippen LogP contribution in [0.2, 0.25) is 0 Å². The van der Waals surface area contributed by atoms with Crippen LogP contribution in [-0.4, -0.2) is 0 Å². The molecule has 1 rings (SSSR count). The van der Waals surface area contributed by atoms with Gasteiger partial charge in [0.15, 0.2) is 0 Å². The highest BCUT2D eigenvalue weighted by atomic mass is 14.7. The minimum atomic E-state index is 0.690. The summed E-state index contributed by atoms with van der Waals surface area (Å²) in [6.07, 6.45) is 2.73. The zero-order valence-corrected chi connectivity index (χ0v) is 10.2. The second-order valence-corrected chi connectivity index (χ2v) is 5.32. The first kappa shape index (κ1) is 11.1. The van der Waals surface area contributed by atoms with Crippen molar-refractivity contribution in [3.05, 3.63) is 0 Å². The fourth-order valence-corrected chi connectivity index (χ4v) is 3.85. The highest BCUT2D eigenvalue weighted by molar-refractivity contribution is 5.10. The van der Waals surface area contributed by atoms with Gasteiger partial charge < -0.3 is 0 Å². The summed E-state index contributed by atoms with van der Waals surface area (Å²) >= 11 is 0. The lowest BCUT2D eigenvalue weighted by atomic mass is 9.83. The van der Waals surface area contributed by atoms with E-state index in [0.29, 0.717) is 5.41 Å². The Morgan fingerprint density at radius 2 is 1.69 bits per heavy atom. The highest BCUT2D eigenvalue weighted by Gasteiger charge is 2.62. The molecule has 0 heterocycles. The van der Waals surface area contributed by atoms with Crippen molar-refractivity contribution in [2.24, 2.45) is 29.1 Å². The maximum absolute atomic E-state index is 2.46. The number of hydrogen-bond acceptors (Lipinski definition) is 0. The zero-order valence-electron chi connectivity index (χ0n) is 10.2. The van der Waals surface area contributed by atoms with E-state index in [1.54, 1.807) is 0 Å². The summed E-state index contributed by atoms with van der Waals surface area (Å²) in [6, 6.07) is 0. The van der Waals surface area contributed by atoms with Crippen molar-refractivity contribution >= 4 is 0 Å². The zero-order chi connectivity index (χ0) is 10.2. The van der Waals surface area contributed by atoms with Gasteiger partial charge in [0, 0.05) is 0 Å². The molecule has 0 amide bonds. The van der Waals surface area contributed by atoms with Gasteiger partial charge in [-0.2, -0.15) is 0 Å². The summed E-state index contributed by atoms with van der Waals surface area (Å²) < 4.78 is 0. The van der Waals surface area contributed by atoms with Crippen LogP contribution in [0, 0.1) is 29.1 Å². The molecule has 13 heavy (non-hydrogen) atoms. The minimum Gasteiger partial charge on any atom is -0.0651 e. The van der Waals surface area contributed by atoms with Gasteiger partial charge in [-0.3, -0.25) is 0 Å². The van der Waals surface area contributed by atoms with Gasteiger partial charge in [0.2, 0.25) is 0 Å². The van der Waals surface area contributed by atoms with Gasteiger partial charge in [-0.05, 0) is 35.5 Å². The van der Waals surface area contributed by atoms with E-state index >= 15 is 0 Å². The molecule has 78 valence electrons. The normalized spacial score (nSPS) is 40.8. The van der Waals surface area contributed by atoms with Crippen LogP contribution in [0.5, 0.6) is 0 Å². The molecule has 1 aliphatic carbocycles. The Kier molecular flexibility index (Phi) is 3.09. The first-order valence-electron chi connectivity index (χ1n) is 6.02. The van der Waals surface area contributed by atoms with Crippen molar-refractivity contribution in [1.29, 1.82) is 0 Å². The largest absolute Gasteiger partial charge is 0.0651 e. The Morgan fingerprint density at radius 3 is 1.92 bits per heavy atom. The molecule has 4 unspecified atom stereocenters. The molecule has 0 N–H and O–H groups in total. The Bertz CT molecular complexity index is 171. The van der Waals surface area contributed by atoms with Gasteiger partial charge in [-0.25, -0.2) is 0 Å². The smallest absolute Gasteiger partial charge is 0.0215 e. The monoisotopic (exact) mass is 182 g/mol. The Balaban J connectivity index is 2.72. The Hall–Kier alpha value is 0. The molecule has 0 aromatic carbocycles. The topological polar surface area (TPSA) is 0 Å². The molecule has 0 heteroatoms. The van der Waals surface area contributed by atoms with Crippen molar-refractivity contribution in [2.45, 2.75) is 54.4 Å². The van der Waals surface area contributed by atoms with Crippen molar-refractivity contribution in [3.8, 4) is 0 Å². The molecule has 0 aromatic heterocycles. The molecule has 0 aliphatic heterocycles. The van der Waals surface area contributed by atoms with E-state index in [4.69, 9.17) is 0 Å². The molecule has 4 atom stereocenters. The summed E-state index contributed by atoms with van der Waals surface area (Å²) in [5.74, 6) is 3.76. The SMILES string of the molecule is CCC(C)C1C(C)C1(CC)C(C)C. The second kappa shape index (κ2) is 3.63. The van der Waals surface area contributed by atoms with Crippen LogP contribution in [0.1, 0.15) is 54.4 Å². The van der Waals surface area contributed by atoms with Crippen LogP contribution < -0.4 is 0 Å². The highest BCUT2D eigenvalue weighted by Crippen LogP contribution is 2.68. The summed E-state index contributed by atoms with van der Waals surface area (Å²) in [7, 11) is 0. The third-order valence-corrected chi connectivity index (χ3v) is 4.84. The molecule has 0 spiro atoms. The predicted molar refractivity (Wildman–Crippen MR) is 59.7 cm³/mol. The first-order chi connectivity index (χ1) is 6.02. The van der Waals surface area contributed by atoms with Crippen molar-refractivity contribution in [3.63, 3.8) is 0 Å². The van der Waals surface area contributed by atoms with Crippen LogP contribution in [0.4, 0.5) is 0 Å². The number of rotatable bonds is 4. The first-order valence-corrected chi connectivity index (χ1v) is 6.02. The lowest BCUT2D eigenvalue weighted by Gasteiger charge is -2.22. The average Bonchev–Trinajstić information content (AvgIpc) is 2.71. The van der Waals surface area contributed by atoms with Gasteiger partial charge in [0.25, 0.3) is 0 Å². The van der Waals surface area contributed by atoms with Crippen LogP contribution in [0.3, 0.4) is 0 Å². The van der Waals surface area contributed by atoms with E-state index < -0.39 is 0 Å². The molecular formula is C13H26. The lowest BCUT2D eigenvalue weighted by Crippen LogP contribution is -2.15. The summed E-state index contributed by atoms with van der Waals surface area (Å²) in [4.78, 5) is 0. The third-order valence-electron chi connectivity index (χ3n) is 4.84. The second-order valence-electron chi connectivity index (χ2n) is 5.32. The quantitative estimate of drug-likeness (QED) is 0.606. The lowest BCUT2D eigenvalue weighted by molar-refractivity contribution is 0.267. The fourth-order valence-electron chi connectivity index (χ4n) is 3.85. The van der Waals surface area contributed by atoms with Gasteiger partial charge in [-0.1, -0.05) is 48.0 Å². The molecule has 1 fully saturated rings. The standard InChI is InChI=1S/C13H26/c1-7-10(5)12-11(6)13(12,8-2)9(3)4/h9-12H,7-8H2,1-6H3. The molecule has 0 nitrogen and oxygen atoms in total. The van der Waals surface area contributed by atoms with Crippen molar-refractivity contribution < 1.29 is 0 Å². The average molecular weight is 182 g/mol. The predicted octanol–water partition coefficient (Wildman–Crippen LogP) is 4.35. The molecule has 1 aliphatic rings. The van der Waals surface area contributed by atoms with Crippen LogP contribution in [0.15, 0.2) is 0 Å². The van der Waals surface area contributed by atoms with E-state index in [-0.39, 0.29) is 0 Å². The van der Waals surface area contributed by atoms with Crippen LogP contribution in [0.25, 0.3) is 0 Å². The molecular weight excluding hydrogens is 156 g/mol.